The molecule has 0 saturated heterocycles. The Hall–Kier alpha value is -2.04. The van der Waals surface area contributed by atoms with Gasteiger partial charge in [0.2, 0.25) is 0 Å². The van der Waals surface area contributed by atoms with E-state index in [0.29, 0.717) is 19.8 Å². The van der Waals surface area contributed by atoms with Gasteiger partial charge in [-0.3, -0.25) is 4.99 Å². The summed E-state index contributed by atoms with van der Waals surface area (Å²) in [5.74, 6) is 3.29. The molecule has 0 amide bonds. The van der Waals surface area contributed by atoms with Crippen LogP contribution in [0.1, 0.15) is 52.0 Å². The molecule has 1 unspecified atom stereocenters. The van der Waals surface area contributed by atoms with E-state index in [2.05, 4.69) is 47.7 Å². The number of ether oxygens (including phenoxy) is 2. The molecule has 8 nitrogen and oxygen atoms in total. The minimum absolute atomic E-state index is 0. The summed E-state index contributed by atoms with van der Waals surface area (Å²) < 4.78 is 13.4. The van der Waals surface area contributed by atoms with Crippen molar-refractivity contribution in [3.05, 3.63) is 35.9 Å². The van der Waals surface area contributed by atoms with Crippen molar-refractivity contribution in [2.24, 2.45) is 4.99 Å². The number of rotatable bonds is 11. The number of aliphatic imine (C=N–C) groups is 1. The third-order valence-electron chi connectivity index (χ3n) is 4.39. The fourth-order valence-corrected chi connectivity index (χ4v) is 2.95. The summed E-state index contributed by atoms with van der Waals surface area (Å²) >= 11 is 0. The molecular formula is C21H35IN6O2. The first kappa shape index (κ1) is 26.0. The summed E-state index contributed by atoms with van der Waals surface area (Å²) in [4.78, 5) is 4.70. The molecule has 2 N–H and O–H groups in total. The van der Waals surface area contributed by atoms with Crippen LogP contribution in [-0.4, -0.2) is 47.0 Å². The molecule has 0 aliphatic heterocycles. The number of guanidine groups is 1. The van der Waals surface area contributed by atoms with Crippen molar-refractivity contribution in [1.29, 1.82) is 0 Å². The largest absolute Gasteiger partial charge is 0.490 e. The standard InChI is InChI=1S/C21H34N6O2.HI/c1-6-20-26-24-15-27(20)13-12-23-21(22-7-2)25-16(5)17-10-11-18(28-8-3)19(14-17)29-9-4;/h10-11,14-16H,6-9,12-13H2,1-5H3,(H2,22,23,25);1H. The van der Waals surface area contributed by atoms with E-state index in [1.807, 2.05) is 30.5 Å². The maximum Gasteiger partial charge on any atom is 0.191 e. The Balaban J connectivity index is 0.00000450. The van der Waals surface area contributed by atoms with Crippen LogP contribution in [0.4, 0.5) is 0 Å². The van der Waals surface area contributed by atoms with Gasteiger partial charge in [0.15, 0.2) is 17.5 Å². The van der Waals surface area contributed by atoms with Gasteiger partial charge in [0.1, 0.15) is 12.2 Å². The molecule has 168 valence electrons. The average Bonchev–Trinajstić information content (AvgIpc) is 3.17. The first-order chi connectivity index (χ1) is 14.1. The van der Waals surface area contributed by atoms with Crippen molar-refractivity contribution in [2.45, 2.75) is 53.6 Å². The number of halogens is 1. The number of hydrogen-bond acceptors (Lipinski definition) is 5. The number of nitrogens with zero attached hydrogens (tertiary/aromatic N) is 4. The van der Waals surface area contributed by atoms with Crippen molar-refractivity contribution >= 4 is 29.9 Å². The van der Waals surface area contributed by atoms with Gasteiger partial charge in [0, 0.05) is 19.5 Å². The van der Waals surface area contributed by atoms with Crippen molar-refractivity contribution in [3.63, 3.8) is 0 Å². The normalized spacial score (nSPS) is 12.1. The SMILES string of the molecule is CCNC(=NCCn1cnnc1CC)NC(C)c1ccc(OCC)c(OCC)c1.I. The third-order valence-corrected chi connectivity index (χ3v) is 4.39. The molecule has 2 aromatic rings. The Morgan fingerprint density at radius 3 is 2.53 bits per heavy atom. The Bertz CT molecular complexity index is 781. The molecule has 0 aliphatic rings. The smallest absolute Gasteiger partial charge is 0.191 e. The fourth-order valence-electron chi connectivity index (χ4n) is 2.95. The van der Waals surface area contributed by atoms with Crippen LogP contribution in [0.15, 0.2) is 29.5 Å². The van der Waals surface area contributed by atoms with Crippen LogP contribution < -0.4 is 20.1 Å². The molecule has 0 spiro atoms. The molecule has 0 aliphatic carbocycles. The summed E-state index contributed by atoms with van der Waals surface area (Å²) in [5, 5.41) is 14.9. The number of aryl methyl sites for hydroxylation is 1. The maximum atomic E-state index is 5.75. The van der Waals surface area contributed by atoms with E-state index in [0.717, 1.165) is 48.4 Å². The van der Waals surface area contributed by atoms with Crippen LogP contribution >= 0.6 is 24.0 Å². The lowest BCUT2D eigenvalue weighted by Gasteiger charge is -2.20. The lowest BCUT2D eigenvalue weighted by atomic mass is 10.1. The zero-order chi connectivity index (χ0) is 21.1. The summed E-state index contributed by atoms with van der Waals surface area (Å²) in [6, 6.07) is 6.10. The van der Waals surface area contributed by atoms with Gasteiger partial charge in [-0.25, -0.2) is 0 Å². The number of nitrogens with one attached hydrogen (secondary N) is 2. The topological polar surface area (TPSA) is 85.6 Å². The Labute approximate surface area is 196 Å². The Kier molecular flexibility index (Phi) is 12.2. The van der Waals surface area contributed by atoms with Crippen molar-refractivity contribution < 1.29 is 9.47 Å². The number of benzene rings is 1. The summed E-state index contributed by atoms with van der Waals surface area (Å²) in [5.41, 5.74) is 1.11. The minimum Gasteiger partial charge on any atom is -0.490 e. The van der Waals surface area contributed by atoms with Gasteiger partial charge < -0.3 is 24.7 Å². The van der Waals surface area contributed by atoms with E-state index in [1.165, 1.54) is 0 Å². The van der Waals surface area contributed by atoms with Crippen LogP contribution in [-0.2, 0) is 13.0 Å². The molecule has 1 heterocycles. The van der Waals surface area contributed by atoms with E-state index >= 15 is 0 Å². The highest BCUT2D eigenvalue weighted by Crippen LogP contribution is 2.30. The van der Waals surface area contributed by atoms with Crippen LogP contribution in [0, 0.1) is 0 Å². The second-order valence-corrected chi connectivity index (χ2v) is 6.49. The first-order valence-corrected chi connectivity index (χ1v) is 10.4. The summed E-state index contributed by atoms with van der Waals surface area (Å²) in [6.45, 7) is 13.6. The molecule has 1 aromatic carbocycles. The first-order valence-electron chi connectivity index (χ1n) is 10.4. The molecule has 2 rings (SSSR count). The molecule has 1 aromatic heterocycles. The second kappa shape index (κ2) is 14.1. The van der Waals surface area contributed by atoms with E-state index in [4.69, 9.17) is 14.5 Å². The highest BCUT2D eigenvalue weighted by Gasteiger charge is 2.12. The van der Waals surface area contributed by atoms with Gasteiger partial charge >= 0.3 is 0 Å². The fraction of sp³-hybridized carbons (Fsp3) is 0.571. The Morgan fingerprint density at radius 1 is 1.13 bits per heavy atom. The molecule has 0 bridgehead atoms. The van der Waals surface area contributed by atoms with E-state index in [-0.39, 0.29) is 30.0 Å². The minimum atomic E-state index is 0. The number of hydrogen-bond donors (Lipinski definition) is 2. The predicted molar refractivity (Wildman–Crippen MR) is 131 cm³/mol. The van der Waals surface area contributed by atoms with Gasteiger partial charge in [0.05, 0.1) is 25.8 Å². The molecule has 0 fully saturated rings. The second-order valence-electron chi connectivity index (χ2n) is 6.49. The molecule has 30 heavy (non-hydrogen) atoms. The van der Waals surface area contributed by atoms with Gasteiger partial charge in [-0.15, -0.1) is 34.2 Å². The van der Waals surface area contributed by atoms with Crippen molar-refractivity contribution in [3.8, 4) is 11.5 Å². The lowest BCUT2D eigenvalue weighted by Crippen LogP contribution is -2.39. The van der Waals surface area contributed by atoms with Crippen molar-refractivity contribution in [1.82, 2.24) is 25.4 Å². The third kappa shape index (κ3) is 7.66. The van der Waals surface area contributed by atoms with Crippen LogP contribution in [0.2, 0.25) is 0 Å². The number of aromatic nitrogens is 3. The monoisotopic (exact) mass is 530 g/mol. The van der Waals surface area contributed by atoms with Crippen LogP contribution in [0.25, 0.3) is 0 Å². The summed E-state index contributed by atoms with van der Waals surface area (Å²) in [6.07, 6.45) is 2.62. The molecule has 0 radical (unpaired) electrons. The summed E-state index contributed by atoms with van der Waals surface area (Å²) in [7, 11) is 0. The van der Waals surface area contributed by atoms with E-state index in [9.17, 15) is 0 Å². The molecular weight excluding hydrogens is 495 g/mol. The molecule has 9 heteroatoms. The quantitative estimate of drug-likeness (QED) is 0.263. The predicted octanol–water partition coefficient (Wildman–Crippen LogP) is 3.57. The van der Waals surface area contributed by atoms with Gasteiger partial charge in [0.25, 0.3) is 0 Å². The van der Waals surface area contributed by atoms with E-state index in [1.54, 1.807) is 6.33 Å². The van der Waals surface area contributed by atoms with Crippen LogP contribution in [0.5, 0.6) is 11.5 Å². The molecule has 1 atom stereocenters. The van der Waals surface area contributed by atoms with Crippen molar-refractivity contribution in [2.75, 3.05) is 26.3 Å². The highest BCUT2D eigenvalue weighted by molar-refractivity contribution is 14.0. The van der Waals surface area contributed by atoms with Gasteiger partial charge in [-0.1, -0.05) is 13.0 Å². The average molecular weight is 530 g/mol. The zero-order valence-corrected chi connectivity index (χ0v) is 21.0. The highest BCUT2D eigenvalue weighted by atomic mass is 127. The van der Waals surface area contributed by atoms with E-state index < -0.39 is 0 Å². The Morgan fingerprint density at radius 2 is 1.87 bits per heavy atom. The zero-order valence-electron chi connectivity index (χ0n) is 18.6. The maximum absolute atomic E-state index is 5.75. The lowest BCUT2D eigenvalue weighted by molar-refractivity contribution is 0.287. The van der Waals surface area contributed by atoms with Gasteiger partial charge in [-0.05, 0) is 45.4 Å². The molecule has 0 saturated carbocycles. The van der Waals surface area contributed by atoms with Crippen LogP contribution in [0.3, 0.4) is 0 Å². The van der Waals surface area contributed by atoms with Gasteiger partial charge in [-0.2, -0.15) is 0 Å².